The Kier molecular flexibility index (Phi) is 12.1. The number of rotatable bonds is 10. The third-order valence-electron chi connectivity index (χ3n) is 5.04. The molecule has 6 nitrogen and oxygen atoms in total. The highest BCUT2D eigenvalue weighted by atomic mass is 127. The molecule has 26 heavy (non-hydrogen) atoms. The van der Waals surface area contributed by atoms with Gasteiger partial charge in [-0.05, 0) is 38.6 Å². The molecule has 0 aromatic rings. The van der Waals surface area contributed by atoms with E-state index in [1.807, 2.05) is 0 Å². The quantitative estimate of drug-likeness (QED) is 0.223. The van der Waals surface area contributed by atoms with Crippen molar-refractivity contribution in [2.45, 2.75) is 26.7 Å². The van der Waals surface area contributed by atoms with Gasteiger partial charge in [0.2, 0.25) is 0 Å². The average Bonchev–Trinajstić information content (AvgIpc) is 3.41. The summed E-state index contributed by atoms with van der Waals surface area (Å²) in [6.07, 6.45) is 2.70. The van der Waals surface area contributed by atoms with E-state index in [-0.39, 0.29) is 24.0 Å². The van der Waals surface area contributed by atoms with Crippen molar-refractivity contribution in [3.63, 3.8) is 0 Å². The fraction of sp³-hybridized carbons (Fsp3) is 0.947. The minimum Gasteiger partial charge on any atom is -0.379 e. The van der Waals surface area contributed by atoms with Crippen molar-refractivity contribution in [1.29, 1.82) is 0 Å². The van der Waals surface area contributed by atoms with Gasteiger partial charge in [-0.15, -0.1) is 24.0 Å². The first-order chi connectivity index (χ1) is 12.1. The van der Waals surface area contributed by atoms with Gasteiger partial charge in [0.15, 0.2) is 5.96 Å². The lowest BCUT2D eigenvalue weighted by atomic mass is 10.1. The second-order valence-corrected chi connectivity index (χ2v) is 7.84. The number of hydrogen-bond donors (Lipinski definition) is 1. The molecule has 2 fully saturated rings. The average molecular weight is 481 g/mol. The predicted molar refractivity (Wildman–Crippen MR) is 121 cm³/mol. The molecule has 0 radical (unpaired) electrons. The number of ether oxygens (including phenoxy) is 1. The maximum atomic E-state index is 5.76. The van der Waals surface area contributed by atoms with E-state index in [9.17, 15) is 0 Å². The largest absolute Gasteiger partial charge is 0.379 e. The topological polar surface area (TPSA) is 43.3 Å². The van der Waals surface area contributed by atoms with E-state index in [4.69, 9.17) is 9.73 Å². The fourth-order valence-electron chi connectivity index (χ4n) is 3.08. The van der Waals surface area contributed by atoms with Gasteiger partial charge in [0.1, 0.15) is 0 Å². The number of nitrogens with one attached hydrogen (secondary N) is 1. The molecule has 1 heterocycles. The molecule has 0 bridgehead atoms. The Morgan fingerprint density at radius 1 is 1.27 bits per heavy atom. The number of likely N-dealkylation sites (N-methyl/N-ethyl adjacent to an activating group) is 2. The van der Waals surface area contributed by atoms with E-state index < -0.39 is 0 Å². The van der Waals surface area contributed by atoms with Gasteiger partial charge in [0.25, 0.3) is 0 Å². The molecule has 2 aliphatic rings. The van der Waals surface area contributed by atoms with Crippen molar-refractivity contribution in [1.82, 2.24) is 20.0 Å². The Hall–Kier alpha value is -0.120. The predicted octanol–water partition coefficient (Wildman–Crippen LogP) is 1.81. The summed E-state index contributed by atoms with van der Waals surface area (Å²) in [6, 6.07) is 0. The van der Waals surface area contributed by atoms with Crippen molar-refractivity contribution in [3.05, 3.63) is 0 Å². The van der Waals surface area contributed by atoms with Gasteiger partial charge < -0.3 is 24.8 Å². The van der Waals surface area contributed by atoms with Crippen LogP contribution in [0.3, 0.4) is 0 Å². The van der Waals surface area contributed by atoms with Gasteiger partial charge in [-0.3, -0.25) is 4.99 Å². The van der Waals surface area contributed by atoms with Gasteiger partial charge in [-0.1, -0.05) is 6.92 Å². The first-order valence-electron chi connectivity index (χ1n) is 10.1. The van der Waals surface area contributed by atoms with E-state index in [1.54, 1.807) is 0 Å². The highest BCUT2D eigenvalue weighted by Gasteiger charge is 2.21. The van der Waals surface area contributed by atoms with Gasteiger partial charge in [0, 0.05) is 66.0 Å². The lowest BCUT2D eigenvalue weighted by molar-refractivity contribution is 0.115. The molecule has 1 unspecified atom stereocenters. The maximum Gasteiger partial charge on any atom is 0.193 e. The van der Waals surface area contributed by atoms with Crippen LogP contribution in [-0.4, -0.2) is 100 Å². The van der Waals surface area contributed by atoms with Crippen molar-refractivity contribution in [2.75, 3.05) is 79.7 Å². The van der Waals surface area contributed by atoms with Crippen LogP contribution in [0.5, 0.6) is 0 Å². The molecule has 0 spiro atoms. The molecule has 2 rings (SSSR count). The Labute approximate surface area is 177 Å². The number of hydrogen-bond acceptors (Lipinski definition) is 4. The molecular formula is C19H40IN5O. The van der Waals surface area contributed by atoms with Crippen LogP contribution in [-0.2, 0) is 4.74 Å². The zero-order valence-electron chi connectivity index (χ0n) is 17.2. The molecule has 1 saturated carbocycles. The minimum absolute atomic E-state index is 0. The van der Waals surface area contributed by atoms with E-state index in [2.05, 4.69) is 48.0 Å². The second kappa shape index (κ2) is 13.1. The number of halogens is 1. The highest BCUT2D eigenvalue weighted by molar-refractivity contribution is 14.0. The van der Waals surface area contributed by atoms with Gasteiger partial charge in [-0.25, -0.2) is 0 Å². The summed E-state index contributed by atoms with van der Waals surface area (Å²) in [5.74, 6) is 2.42. The van der Waals surface area contributed by atoms with Crippen LogP contribution in [0, 0.1) is 11.8 Å². The van der Waals surface area contributed by atoms with Gasteiger partial charge >= 0.3 is 0 Å². The minimum atomic E-state index is 0. The first-order valence-corrected chi connectivity index (χ1v) is 10.1. The van der Waals surface area contributed by atoms with E-state index in [1.165, 1.54) is 39.0 Å². The van der Waals surface area contributed by atoms with Gasteiger partial charge in [0.05, 0.1) is 6.61 Å². The van der Waals surface area contributed by atoms with E-state index in [0.29, 0.717) is 5.92 Å². The van der Waals surface area contributed by atoms with Crippen LogP contribution in [0.1, 0.15) is 26.7 Å². The van der Waals surface area contributed by atoms with Crippen molar-refractivity contribution >= 4 is 29.9 Å². The Bertz CT molecular complexity index is 397. The van der Waals surface area contributed by atoms with Crippen molar-refractivity contribution in [3.8, 4) is 0 Å². The molecule has 1 aliphatic heterocycles. The number of guanidine groups is 1. The van der Waals surface area contributed by atoms with Crippen LogP contribution < -0.4 is 5.32 Å². The summed E-state index contributed by atoms with van der Waals surface area (Å²) in [4.78, 5) is 12.0. The monoisotopic (exact) mass is 481 g/mol. The summed E-state index contributed by atoms with van der Waals surface area (Å²) in [7, 11) is 4.31. The maximum absolute atomic E-state index is 5.76. The lowest BCUT2D eigenvalue weighted by Gasteiger charge is -2.33. The fourth-order valence-corrected chi connectivity index (χ4v) is 3.08. The Balaban J connectivity index is 0.00000338. The molecular weight excluding hydrogens is 441 g/mol. The highest BCUT2D eigenvalue weighted by Crippen LogP contribution is 2.28. The first kappa shape index (κ1) is 23.9. The molecule has 1 N–H and O–H groups in total. The molecule has 154 valence electrons. The zero-order valence-corrected chi connectivity index (χ0v) is 19.6. The lowest BCUT2D eigenvalue weighted by Crippen LogP contribution is -2.46. The molecule has 7 heteroatoms. The molecule has 1 saturated heterocycles. The van der Waals surface area contributed by atoms with Crippen LogP contribution in [0.25, 0.3) is 0 Å². The zero-order chi connectivity index (χ0) is 18.1. The Morgan fingerprint density at radius 3 is 2.58 bits per heavy atom. The summed E-state index contributed by atoms with van der Waals surface area (Å²) in [6.45, 7) is 14.7. The van der Waals surface area contributed by atoms with Crippen LogP contribution in [0.2, 0.25) is 0 Å². The summed E-state index contributed by atoms with van der Waals surface area (Å²) in [5, 5.41) is 3.41. The number of piperazine rings is 1. The summed E-state index contributed by atoms with van der Waals surface area (Å²) >= 11 is 0. The summed E-state index contributed by atoms with van der Waals surface area (Å²) in [5.41, 5.74) is 0. The normalized spacial score (nSPS) is 20.5. The van der Waals surface area contributed by atoms with Crippen molar-refractivity contribution in [2.24, 2.45) is 16.8 Å². The van der Waals surface area contributed by atoms with Crippen LogP contribution >= 0.6 is 24.0 Å². The van der Waals surface area contributed by atoms with Crippen LogP contribution in [0.15, 0.2) is 4.99 Å². The van der Waals surface area contributed by atoms with E-state index >= 15 is 0 Å². The smallest absolute Gasteiger partial charge is 0.193 e. The third-order valence-corrected chi connectivity index (χ3v) is 5.04. The van der Waals surface area contributed by atoms with E-state index in [0.717, 1.165) is 51.3 Å². The van der Waals surface area contributed by atoms with Gasteiger partial charge in [-0.2, -0.15) is 0 Å². The standard InChI is InChI=1S/C19H39N5O.HI/c1-5-20-19(23(4)12-13-25-16-18-6-7-18)21-14-17(2)15-24-10-8-22(3)9-11-24;/h17-18H,5-16H2,1-4H3,(H,20,21);1H. The third kappa shape index (κ3) is 9.71. The molecule has 1 atom stereocenters. The second-order valence-electron chi connectivity index (χ2n) is 7.84. The summed E-state index contributed by atoms with van der Waals surface area (Å²) < 4.78 is 5.76. The van der Waals surface area contributed by atoms with Crippen LogP contribution in [0.4, 0.5) is 0 Å². The molecule has 0 aromatic carbocycles. The number of nitrogens with zero attached hydrogens (tertiary/aromatic N) is 4. The molecule has 0 amide bonds. The number of aliphatic imine (C=N–C) groups is 1. The Morgan fingerprint density at radius 2 is 1.96 bits per heavy atom. The van der Waals surface area contributed by atoms with Crippen molar-refractivity contribution < 1.29 is 4.74 Å². The molecule has 1 aliphatic carbocycles. The molecule has 0 aromatic heterocycles. The SMILES string of the molecule is CCNC(=NCC(C)CN1CCN(C)CC1)N(C)CCOCC1CC1.I.